The summed E-state index contributed by atoms with van der Waals surface area (Å²) >= 11 is 0. The number of alkyl carbamates (subject to hydrolysis) is 1. The maximum absolute atomic E-state index is 12.3. The molecule has 2 aliphatic rings. The Morgan fingerprint density at radius 3 is 2.06 bits per heavy atom. The number of benzene rings is 2. The Kier molecular flexibility index (Phi) is 7.10. The highest BCUT2D eigenvalue weighted by Crippen LogP contribution is 2.44. The van der Waals surface area contributed by atoms with Crippen LogP contribution in [0.15, 0.2) is 48.5 Å². The number of carbonyl (C=O) groups excluding carboxylic acids is 3. The van der Waals surface area contributed by atoms with Crippen molar-refractivity contribution in [1.82, 2.24) is 16.0 Å². The Labute approximate surface area is 196 Å². The van der Waals surface area contributed by atoms with Crippen LogP contribution in [-0.4, -0.2) is 54.7 Å². The minimum absolute atomic E-state index is 0.00341. The molecule has 4 N–H and O–H groups in total. The molecule has 2 aromatic carbocycles. The van der Waals surface area contributed by atoms with Crippen LogP contribution in [0.2, 0.25) is 0 Å². The third-order valence-corrected chi connectivity index (χ3v) is 6.26. The normalized spacial score (nSPS) is 18.1. The molecule has 0 bridgehead atoms. The third-order valence-electron chi connectivity index (χ3n) is 6.26. The Balaban J connectivity index is 1.16. The summed E-state index contributed by atoms with van der Waals surface area (Å²) in [5, 5.41) is 16.0. The second kappa shape index (κ2) is 10.4. The van der Waals surface area contributed by atoms with Crippen LogP contribution in [0.3, 0.4) is 0 Å². The maximum Gasteiger partial charge on any atom is 0.407 e. The lowest BCUT2D eigenvalue weighted by Gasteiger charge is -2.35. The van der Waals surface area contributed by atoms with Crippen LogP contribution in [0.1, 0.15) is 36.3 Å². The zero-order chi connectivity index (χ0) is 24.1. The molecule has 0 heterocycles. The van der Waals surface area contributed by atoms with Crippen molar-refractivity contribution in [3.8, 4) is 11.1 Å². The number of hydrogen-bond acceptors (Lipinski definition) is 5. The van der Waals surface area contributed by atoms with E-state index in [9.17, 15) is 19.2 Å². The van der Waals surface area contributed by atoms with E-state index in [2.05, 4.69) is 40.2 Å². The number of carboxylic acid groups (broad SMARTS) is 1. The van der Waals surface area contributed by atoms with Crippen molar-refractivity contribution >= 4 is 23.9 Å². The van der Waals surface area contributed by atoms with Gasteiger partial charge in [-0.1, -0.05) is 48.5 Å². The molecule has 0 unspecified atom stereocenters. The summed E-state index contributed by atoms with van der Waals surface area (Å²) in [7, 11) is 0. The molecule has 0 aromatic heterocycles. The first-order chi connectivity index (χ1) is 16.4. The van der Waals surface area contributed by atoms with Gasteiger partial charge in [-0.05, 0) is 41.0 Å². The molecular formula is C25H27N3O6. The summed E-state index contributed by atoms with van der Waals surface area (Å²) < 4.78 is 5.55. The third kappa shape index (κ3) is 5.54. The van der Waals surface area contributed by atoms with Gasteiger partial charge in [-0.15, -0.1) is 0 Å². The molecule has 34 heavy (non-hydrogen) atoms. The number of amides is 3. The van der Waals surface area contributed by atoms with Crippen molar-refractivity contribution < 1.29 is 29.0 Å². The van der Waals surface area contributed by atoms with E-state index < -0.39 is 24.5 Å². The average Bonchev–Trinajstić information content (AvgIpc) is 3.12. The highest BCUT2D eigenvalue weighted by molar-refractivity contribution is 5.86. The van der Waals surface area contributed by atoms with Gasteiger partial charge in [0.25, 0.3) is 0 Å². The van der Waals surface area contributed by atoms with E-state index in [1.807, 2.05) is 24.3 Å². The van der Waals surface area contributed by atoms with Gasteiger partial charge in [0.15, 0.2) is 0 Å². The summed E-state index contributed by atoms with van der Waals surface area (Å²) in [6, 6.07) is 16.3. The second-order valence-corrected chi connectivity index (χ2v) is 8.66. The van der Waals surface area contributed by atoms with Gasteiger partial charge in [-0.3, -0.25) is 14.4 Å². The predicted octanol–water partition coefficient (Wildman–Crippen LogP) is 2.01. The first-order valence-corrected chi connectivity index (χ1v) is 11.3. The van der Waals surface area contributed by atoms with E-state index in [1.54, 1.807) is 0 Å². The van der Waals surface area contributed by atoms with Crippen molar-refractivity contribution in [2.24, 2.45) is 5.92 Å². The number of hydrogen-bond donors (Lipinski definition) is 4. The summed E-state index contributed by atoms with van der Waals surface area (Å²) in [4.78, 5) is 46.1. The largest absolute Gasteiger partial charge is 0.480 e. The predicted molar refractivity (Wildman–Crippen MR) is 123 cm³/mol. The highest BCUT2D eigenvalue weighted by atomic mass is 16.5. The van der Waals surface area contributed by atoms with Crippen molar-refractivity contribution in [2.45, 2.75) is 31.2 Å². The molecule has 1 fully saturated rings. The van der Waals surface area contributed by atoms with Gasteiger partial charge in [-0.2, -0.15) is 0 Å². The standard InChI is InChI=1S/C25H27N3O6/c29-22(26-12-23(30)27-13-24(31)32)11-15-9-16(10-15)28-25(33)34-14-21-19-7-3-1-5-17(19)18-6-2-4-8-20(18)21/h1-8,15-16,21H,9-14H2,(H,26,29)(H,27,30)(H,28,33)(H,31,32). The van der Waals surface area contributed by atoms with E-state index in [-0.39, 0.29) is 43.4 Å². The minimum Gasteiger partial charge on any atom is -0.480 e. The Hall–Kier alpha value is -3.88. The van der Waals surface area contributed by atoms with Crippen LogP contribution in [0, 0.1) is 5.92 Å². The number of ether oxygens (including phenoxy) is 1. The van der Waals surface area contributed by atoms with Gasteiger partial charge in [0, 0.05) is 18.4 Å². The number of carboxylic acids is 1. The summed E-state index contributed by atoms with van der Waals surface area (Å²) in [6.07, 6.45) is 1.09. The first-order valence-electron chi connectivity index (χ1n) is 11.3. The fourth-order valence-corrected chi connectivity index (χ4v) is 4.58. The number of rotatable bonds is 9. The number of aliphatic carboxylic acids is 1. The van der Waals surface area contributed by atoms with Crippen molar-refractivity contribution in [3.05, 3.63) is 59.7 Å². The van der Waals surface area contributed by atoms with E-state index in [0.717, 1.165) is 11.1 Å². The topological polar surface area (TPSA) is 134 Å². The van der Waals surface area contributed by atoms with E-state index in [1.165, 1.54) is 11.1 Å². The van der Waals surface area contributed by atoms with Gasteiger partial charge in [0.05, 0.1) is 6.54 Å². The number of fused-ring (bicyclic) bond motifs is 3. The van der Waals surface area contributed by atoms with Crippen LogP contribution in [0.25, 0.3) is 11.1 Å². The average molecular weight is 466 g/mol. The van der Waals surface area contributed by atoms with Gasteiger partial charge in [-0.25, -0.2) is 4.79 Å². The molecule has 0 spiro atoms. The van der Waals surface area contributed by atoms with Gasteiger partial charge in [0.2, 0.25) is 11.8 Å². The van der Waals surface area contributed by atoms with Crippen LogP contribution < -0.4 is 16.0 Å². The van der Waals surface area contributed by atoms with Crippen molar-refractivity contribution in [1.29, 1.82) is 0 Å². The molecule has 1 saturated carbocycles. The van der Waals surface area contributed by atoms with E-state index >= 15 is 0 Å². The molecule has 9 nitrogen and oxygen atoms in total. The lowest BCUT2D eigenvalue weighted by molar-refractivity contribution is -0.137. The zero-order valence-electron chi connectivity index (χ0n) is 18.6. The molecule has 0 radical (unpaired) electrons. The summed E-state index contributed by atoms with van der Waals surface area (Å²) in [5.74, 6) is -1.87. The van der Waals surface area contributed by atoms with Crippen LogP contribution in [0.4, 0.5) is 4.79 Å². The smallest absolute Gasteiger partial charge is 0.407 e. The molecule has 4 rings (SSSR count). The molecule has 178 valence electrons. The zero-order valence-corrected chi connectivity index (χ0v) is 18.6. The molecule has 9 heteroatoms. The second-order valence-electron chi connectivity index (χ2n) is 8.66. The molecule has 0 saturated heterocycles. The van der Waals surface area contributed by atoms with Crippen molar-refractivity contribution in [3.63, 3.8) is 0 Å². The lowest BCUT2D eigenvalue weighted by Crippen LogP contribution is -2.46. The van der Waals surface area contributed by atoms with E-state index in [0.29, 0.717) is 12.8 Å². The molecule has 2 aliphatic carbocycles. The van der Waals surface area contributed by atoms with Gasteiger partial charge < -0.3 is 25.8 Å². The molecule has 0 atom stereocenters. The van der Waals surface area contributed by atoms with Gasteiger partial charge in [0.1, 0.15) is 13.2 Å². The molecular weight excluding hydrogens is 438 g/mol. The first kappa shape index (κ1) is 23.3. The maximum atomic E-state index is 12.3. The number of carbonyl (C=O) groups is 4. The van der Waals surface area contributed by atoms with Crippen LogP contribution in [0.5, 0.6) is 0 Å². The lowest BCUT2D eigenvalue weighted by atomic mass is 9.78. The highest BCUT2D eigenvalue weighted by Gasteiger charge is 2.33. The van der Waals surface area contributed by atoms with Crippen LogP contribution >= 0.6 is 0 Å². The quantitative estimate of drug-likeness (QED) is 0.448. The van der Waals surface area contributed by atoms with Crippen molar-refractivity contribution in [2.75, 3.05) is 19.7 Å². The summed E-state index contributed by atoms with van der Waals surface area (Å²) in [6.45, 7) is -0.497. The number of nitrogens with one attached hydrogen (secondary N) is 3. The SMILES string of the molecule is O=C(O)CNC(=O)CNC(=O)CC1CC(NC(=O)OCC2c3ccccc3-c3ccccc32)C1. The molecule has 3 amide bonds. The monoisotopic (exact) mass is 465 g/mol. The fourth-order valence-electron chi connectivity index (χ4n) is 4.58. The molecule has 0 aliphatic heterocycles. The Morgan fingerprint density at radius 2 is 1.44 bits per heavy atom. The Morgan fingerprint density at radius 1 is 0.853 bits per heavy atom. The van der Waals surface area contributed by atoms with Gasteiger partial charge >= 0.3 is 12.1 Å². The summed E-state index contributed by atoms with van der Waals surface area (Å²) in [5.41, 5.74) is 4.66. The Bertz CT molecular complexity index is 1050. The fraction of sp³-hybridized carbons (Fsp3) is 0.360. The molecule has 2 aromatic rings. The minimum atomic E-state index is -1.15. The van der Waals surface area contributed by atoms with E-state index in [4.69, 9.17) is 9.84 Å². The van der Waals surface area contributed by atoms with Crippen LogP contribution in [-0.2, 0) is 19.1 Å².